The third-order valence-electron chi connectivity index (χ3n) is 6.46. The van der Waals surface area contributed by atoms with Gasteiger partial charge in [0.25, 0.3) is 0 Å². The van der Waals surface area contributed by atoms with Crippen LogP contribution in [0.2, 0.25) is 0 Å². The summed E-state index contributed by atoms with van der Waals surface area (Å²) >= 11 is 0. The van der Waals surface area contributed by atoms with E-state index >= 15 is 0 Å². The fraction of sp³-hybridized carbons (Fsp3) is 0.312. The molecule has 0 saturated heterocycles. The number of aromatic nitrogens is 2. The molecule has 5 nitrogen and oxygen atoms in total. The van der Waals surface area contributed by atoms with E-state index in [-0.39, 0.29) is 5.91 Å². The summed E-state index contributed by atoms with van der Waals surface area (Å²) in [6.07, 6.45) is 9.49. The Bertz CT molecular complexity index is 1290. The molecule has 37 heavy (non-hydrogen) atoms. The van der Waals surface area contributed by atoms with Gasteiger partial charge in [-0.1, -0.05) is 67.1 Å². The molecule has 0 atom stereocenters. The Hall–Kier alpha value is -3.86. The van der Waals surface area contributed by atoms with E-state index in [1.165, 1.54) is 11.1 Å². The van der Waals surface area contributed by atoms with Crippen LogP contribution in [0, 0.1) is 6.92 Å². The second-order valence-electron chi connectivity index (χ2n) is 9.34. The van der Waals surface area contributed by atoms with Gasteiger partial charge in [-0.25, -0.2) is 4.98 Å². The van der Waals surface area contributed by atoms with Crippen LogP contribution in [0.5, 0.6) is 5.75 Å². The third kappa shape index (κ3) is 8.07. The second-order valence-corrected chi connectivity index (χ2v) is 9.34. The number of unbranched alkanes of at least 4 members (excludes halogenated alkanes) is 3. The molecule has 0 aliphatic rings. The monoisotopic (exact) mass is 495 g/mol. The molecule has 0 aliphatic heterocycles. The zero-order valence-corrected chi connectivity index (χ0v) is 21.7. The Balaban J connectivity index is 1.19. The molecular weight excluding hydrogens is 458 g/mol. The second kappa shape index (κ2) is 14.0. The van der Waals surface area contributed by atoms with Crippen molar-refractivity contribution < 1.29 is 9.53 Å². The topological polar surface area (TPSA) is 56.1 Å². The standard InChI is InChI=1S/C32H37N3O2/c1-26-14-7-10-19-30(26)37-25-13-12-24-35-29-18-9-8-17-28(29)34-31(35)20-6-3-11-23-33-32(36)22-21-27-15-4-2-5-16-27/h2,4-5,7-10,14-19,21-22H,3,6,11-13,20,23-25H2,1H3,(H,33,36)/b22-21+. The van der Waals surface area contributed by atoms with Crippen molar-refractivity contribution in [1.82, 2.24) is 14.9 Å². The van der Waals surface area contributed by atoms with Gasteiger partial charge in [-0.2, -0.15) is 0 Å². The van der Waals surface area contributed by atoms with E-state index in [1.807, 2.05) is 54.6 Å². The average Bonchev–Trinajstić information content (AvgIpc) is 3.28. The lowest BCUT2D eigenvalue weighted by atomic mass is 10.2. The fourth-order valence-corrected chi connectivity index (χ4v) is 4.43. The van der Waals surface area contributed by atoms with Crippen molar-refractivity contribution >= 4 is 23.0 Å². The Labute approximate surface area is 220 Å². The minimum Gasteiger partial charge on any atom is -0.493 e. The number of benzene rings is 3. The molecule has 5 heteroatoms. The van der Waals surface area contributed by atoms with Crippen LogP contribution in [-0.2, 0) is 17.8 Å². The van der Waals surface area contributed by atoms with Gasteiger partial charge in [0.15, 0.2) is 0 Å². The molecule has 1 N–H and O–H groups in total. The van der Waals surface area contributed by atoms with E-state index < -0.39 is 0 Å². The maximum Gasteiger partial charge on any atom is 0.243 e. The van der Waals surface area contributed by atoms with Gasteiger partial charge in [0.2, 0.25) is 5.91 Å². The maximum atomic E-state index is 12.0. The number of nitrogens with zero attached hydrogens (tertiary/aromatic N) is 2. The number of nitrogens with one attached hydrogen (secondary N) is 1. The average molecular weight is 496 g/mol. The van der Waals surface area contributed by atoms with E-state index in [0.717, 1.165) is 74.3 Å². The molecule has 1 heterocycles. The van der Waals surface area contributed by atoms with Crippen molar-refractivity contribution in [3.05, 3.63) is 102 Å². The number of imidazole rings is 1. The minimum absolute atomic E-state index is 0.0444. The fourth-order valence-electron chi connectivity index (χ4n) is 4.43. The number of para-hydroxylation sites is 3. The quantitative estimate of drug-likeness (QED) is 0.156. The van der Waals surface area contributed by atoms with E-state index in [9.17, 15) is 4.79 Å². The minimum atomic E-state index is -0.0444. The lowest BCUT2D eigenvalue weighted by Gasteiger charge is -2.11. The number of aryl methyl sites for hydroxylation is 3. The summed E-state index contributed by atoms with van der Waals surface area (Å²) in [7, 11) is 0. The van der Waals surface area contributed by atoms with Crippen LogP contribution in [0.4, 0.5) is 0 Å². The van der Waals surface area contributed by atoms with E-state index in [0.29, 0.717) is 6.54 Å². The summed E-state index contributed by atoms with van der Waals surface area (Å²) in [4.78, 5) is 17.0. The number of carbonyl (C=O) groups is 1. The third-order valence-corrected chi connectivity index (χ3v) is 6.46. The highest BCUT2D eigenvalue weighted by molar-refractivity contribution is 5.91. The summed E-state index contributed by atoms with van der Waals surface area (Å²) in [6, 6.07) is 26.4. The largest absolute Gasteiger partial charge is 0.493 e. The molecule has 0 spiro atoms. The SMILES string of the molecule is Cc1ccccc1OCCCCn1c(CCCCCNC(=O)/C=C/c2ccccc2)nc2ccccc21. The van der Waals surface area contributed by atoms with E-state index in [2.05, 4.69) is 47.1 Å². The number of ether oxygens (including phenoxy) is 1. The molecule has 0 fully saturated rings. The van der Waals surface area contributed by atoms with Crippen LogP contribution in [0.3, 0.4) is 0 Å². The summed E-state index contributed by atoms with van der Waals surface area (Å²) < 4.78 is 8.35. The highest BCUT2D eigenvalue weighted by atomic mass is 16.5. The first kappa shape index (κ1) is 26.2. The first-order valence-electron chi connectivity index (χ1n) is 13.3. The van der Waals surface area contributed by atoms with Crippen LogP contribution in [0.25, 0.3) is 17.1 Å². The number of carbonyl (C=O) groups excluding carboxylic acids is 1. The first-order valence-corrected chi connectivity index (χ1v) is 13.3. The Morgan fingerprint density at radius 2 is 1.68 bits per heavy atom. The molecule has 1 amide bonds. The number of hydrogen-bond donors (Lipinski definition) is 1. The van der Waals surface area contributed by atoms with Crippen molar-refractivity contribution in [3.63, 3.8) is 0 Å². The Morgan fingerprint density at radius 3 is 2.54 bits per heavy atom. The molecule has 4 rings (SSSR count). The number of amides is 1. The van der Waals surface area contributed by atoms with Gasteiger partial charge in [0.1, 0.15) is 11.6 Å². The summed E-state index contributed by atoms with van der Waals surface area (Å²) in [5.74, 6) is 2.08. The van der Waals surface area contributed by atoms with Crippen LogP contribution in [-0.4, -0.2) is 28.6 Å². The molecular formula is C32H37N3O2. The van der Waals surface area contributed by atoms with Gasteiger partial charge >= 0.3 is 0 Å². The molecule has 0 unspecified atom stereocenters. The Morgan fingerprint density at radius 1 is 0.892 bits per heavy atom. The molecule has 0 bridgehead atoms. The van der Waals surface area contributed by atoms with Crippen molar-refractivity contribution in [3.8, 4) is 5.75 Å². The molecule has 1 aromatic heterocycles. The van der Waals surface area contributed by atoms with Crippen LogP contribution in [0.1, 0.15) is 49.1 Å². The lowest BCUT2D eigenvalue weighted by molar-refractivity contribution is -0.116. The predicted octanol–water partition coefficient (Wildman–Crippen LogP) is 6.75. The molecule has 0 radical (unpaired) electrons. The molecule has 4 aromatic rings. The predicted molar refractivity (Wildman–Crippen MR) is 152 cm³/mol. The van der Waals surface area contributed by atoms with Crippen molar-refractivity contribution in [2.24, 2.45) is 0 Å². The highest BCUT2D eigenvalue weighted by Crippen LogP contribution is 2.20. The first-order chi connectivity index (χ1) is 18.2. The molecule has 0 saturated carbocycles. The zero-order valence-electron chi connectivity index (χ0n) is 21.7. The van der Waals surface area contributed by atoms with Gasteiger partial charge in [-0.05, 0) is 68.0 Å². The molecule has 192 valence electrons. The smallest absolute Gasteiger partial charge is 0.243 e. The number of hydrogen-bond acceptors (Lipinski definition) is 3. The normalized spacial score (nSPS) is 11.3. The molecule has 0 aliphatic carbocycles. The van der Waals surface area contributed by atoms with Crippen molar-refractivity contribution in [2.75, 3.05) is 13.2 Å². The van der Waals surface area contributed by atoms with Crippen LogP contribution in [0.15, 0.2) is 84.9 Å². The summed E-state index contributed by atoms with van der Waals surface area (Å²) in [5.41, 5.74) is 4.47. The number of rotatable bonds is 14. The summed E-state index contributed by atoms with van der Waals surface area (Å²) in [6.45, 7) is 4.43. The zero-order chi connectivity index (χ0) is 25.7. The lowest BCUT2D eigenvalue weighted by Crippen LogP contribution is -2.22. The van der Waals surface area contributed by atoms with Gasteiger partial charge in [0, 0.05) is 25.6 Å². The van der Waals surface area contributed by atoms with Crippen molar-refractivity contribution in [1.29, 1.82) is 0 Å². The molecule has 3 aromatic carbocycles. The van der Waals surface area contributed by atoms with E-state index in [4.69, 9.17) is 9.72 Å². The maximum absolute atomic E-state index is 12.0. The highest BCUT2D eigenvalue weighted by Gasteiger charge is 2.10. The van der Waals surface area contributed by atoms with Crippen LogP contribution >= 0.6 is 0 Å². The van der Waals surface area contributed by atoms with E-state index in [1.54, 1.807) is 6.08 Å². The van der Waals surface area contributed by atoms with Gasteiger partial charge in [-0.3, -0.25) is 4.79 Å². The van der Waals surface area contributed by atoms with Crippen LogP contribution < -0.4 is 10.1 Å². The summed E-state index contributed by atoms with van der Waals surface area (Å²) in [5, 5.41) is 2.98. The van der Waals surface area contributed by atoms with Gasteiger partial charge in [-0.15, -0.1) is 0 Å². The number of fused-ring (bicyclic) bond motifs is 1. The van der Waals surface area contributed by atoms with Crippen molar-refractivity contribution in [2.45, 2.75) is 52.0 Å². The van der Waals surface area contributed by atoms with Gasteiger partial charge in [0.05, 0.1) is 17.6 Å². The Kier molecular flexibility index (Phi) is 9.94. The van der Waals surface area contributed by atoms with Gasteiger partial charge < -0.3 is 14.6 Å².